The maximum Gasteiger partial charge on any atom is 0.508 e. The van der Waals surface area contributed by atoms with Crippen LogP contribution in [0.15, 0.2) is 60.7 Å². The van der Waals surface area contributed by atoms with Crippen molar-refractivity contribution in [1.82, 2.24) is 4.98 Å². The number of cyclic esters (lactones) is 1. The summed E-state index contributed by atoms with van der Waals surface area (Å²) in [6.07, 6.45) is -9.31. The summed E-state index contributed by atoms with van der Waals surface area (Å²) < 4.78 is 28.6. The molecule has 1 aromatic heterocycles. The van der Waals surface area contributed by atoms with Gasteiger partial charge >= 0.3 is 23.8 Å². The number of rotatable bonds is 10. The van der Waals surface area contributed by atoms with E-state index in [1.54, 1.807) is 0 Å². The van der Waals surface area contributed by atoms with Gasteiger partial charge in [0.25, 0.3) is 0 Å². The second-order valence-electron chi connectivity index (χ2n) is 16.6. The number of esters is 1. The summed E-state index contributed by atoms with van der Waals surface area (Å²) in [7, 11) is 0. The number of hydrogen-bond acceptors (Lipinski definition) is 17. The summed E-state index contributed by atoms with van der Waals surface area (Å²) in [5, 5.41) is 64.3. The monoisotopic (exact) mass is 898 g/mol. The number of carboxylic acids is 1. The van der Waals surface area contributed by atoms with Crippen molar-refractivity contribution in [3.05, 3.63) is 87.0 Å². The number of aliphatic hydroxyl groups is 4. The highest BCUT2D eigenvalue weighted by Crippen LogP contribution is 2.38. The summed E-state index contributed by atoms with van der Waals surface area (Å²) in [5.41, 5.74) is 0.177. The number of carbonyl (C=O) groups excluding carboxylic acids is 3. The van der Waals surface area contributed by atoms with Crippen molar-refractivity contribution < 1.29 is 73.3 Å². The number of nitro groups is 1. The Hall–Kier alpha value is -5.31. The summed E-state index contributed by atoms with van der Waals surface area (Å²) in [4.78, 5) is 69.2. The Labute approximate surface area is 367 Å². The quantitative estimate of drug-likeness (QED) is 0.0698. The third kappa shape index (κ3) is 11.8. The van der Waals surface area contributed by atoms with Gasteiger partial charge in [-0.1, -0.05) is 36.8 Å². The zero-order chi connectivity index (χ0) is 46.3. The predicted octanol–water partition coefficient (Wildman–Crippen LogP) is 5.79. The Bertz CT molecular complexity index is 2200. The van der Waals surface area contributed by atoms with Crippen molar-refractivity contribution in [1.29, 1.82) is 0 Å². The first-order chi connectivity index (χ1) is 29.7. The van der Waals surface area contributed by atoms with Gasteiger partial charge in [0.05, 0.1) is 38.1 Å². The number of hydrogen-bond donors (Lipinski definition) is 5. The van der Waals surface area contributed by atoms with E-state index in [1.807, 2.05) is 45.0 Å². The van der Waals surface area contributed by atoms with E-state index in [1.165, 1.54) is 37.3 Å². The molecule has 0 saturated carbocycles. The second-order valence-corrected chi connectivity index (χ2v) is 17.8. The van der Waals surface area contributed by atoms with Gasteiger partial charge in [-0.05, 0) is 88.6 Å². The zero-order valence-electron chi connectivity index (χ0n) is 35.6. The summed E-state index contributed by atoms with van der Waals surface area (Å²) in [6.45, 7) is 11.9. The molecule has 0 bridgehead atoms. The number of Topliss-reactive ketones (excluding diaryl/α,β-unsaturated/α-hetero) is 1. The Kier molecular flexibility index (Phi) is 16.2. The largest absolute Gasteiger partial charge is 0.508 e. The van der Waals surface area contributed by atoms with Crippen LogP contribution < -0.4 is 4.74 Å². The van der Waals surface area contributed by atoms with E-state index in [2.05, 4.69) is 11.6 Å². The van der Waals surface area contributed by atoms with Gasteiger partial charge in [0, 0.05) is 18.4 Å². The number of fused-ring (bicyclic) bond motifs is 1. The van der Waals surface area contributed by atoms with E-state index in [4.69, 9.17) is 23.7 Å². The third-order valence-electron chi connectivity index (χ3n) is 11.5. The highest BCUT2D eigenvalue weighted by molar-refractivity contribution is 7.18. The molecule has 19 heteroatoms. The van der Waals surface area contributed by atoms with E-state index < -0.39 is 114 Å². The molecule has 0 aliphatic carbocycles. The van der Waals surface area contributed by atoms with E-state index in [9.17, 15) is 54.8 Å². The van der Waals surface area contributed by atoms with Crippen molar-refractivity contribution in [2.24, 2.45) is 17.3 Å². The first-order valence-electron chi connectivity index (χ1n) is 20.5. The Morgan fingerprint density at radius 1 is 1.06 bits per heavy atom. The normalized spacial score (nSPS) is 29.4. The van der Waals surface area contributed by atoms with E-state index in [0.29, 0.717) is 18.4 Å². The minimum absolute atomic E-state index is 0.0318. The predicted molar refractivity (Wildman–Crippen MR) is 225 cm³/mol. The second kappa shape index (κ2) is 20.9. The maximum atomic E-state index is 14.5. The van der Waals surface area contributed by atoms with E-state index >= 15 is 0 Å². The maximum absolute atomic E-state index is 14.5. The lowest BCUT2D eigenvalue weighted by Crippen LogP contribution is -2.61. The fraction of sp³-hybridized carbons (Fsp3) is 0.523. The molecule has 3 aromatic rings. The third-order valence-corrected chi connectivity index (χ3v) is 12.4. The number of aromatic nitrogens is 1. The lowest BCUT2D eigenvalue weighted by molar-refractivity contribution is -0.387. The van der Waals surface area contributed by atoms with E-state index in [0.717, 1.165) is 45.8 Å². The minimum atomic E-state index is -2.03. The number of ether oxygens (including phenoxy) is 5. The van der Waals surface area contributed by atoms with Crippen molar-refractivity contribution >= 4 is 51.1 Å². The van der Waals surface area contributed by atoms with Gasteiger partial charge in [0.1, 0.15) is 42.9 Å². The number of aliphatic carboxylic acids is 1. The summed E-state index contributed by atoms with van der Waals surface area (Å²) in [5.74, 6) is -4.77. The number of allylic oxidation sites excluding steroid dienone is 2. The molecule has 342 valence electrons. The van der Waals surface area contributed by atoms with Gasteiger partial charge in [-0.15, -0.1) is 17.9 Å². The molecular weight excluding hydrogens is 845 g/mol. The number of thiazole rings is 1. The molecule has 2 aromatic carbocycles. The Balaban J connectivity index is 1.40. The number of carbonyl (C=O) groups is 4. The molecule has 1 fully saturated rings. The van der Waals surface area contributed by atoms with Gasteiger partial charge in [-0.2, -0.15) is 0 Å². The van der Waals surface area contributed by atoms with Crippen LogP contribution in [0.25, 0.3) is 10.2 Å². The molecule has 0 spiro atoms. The van der Waals surface area contributed by atoms with Gasteiger partial charge in [-0.3, -0.25) is 19.7 Å². The Morgan fingerprint density at radius 2 is 1.79 bits per heavy atom. The van der Waals surface area contributed by atoms with Crippen LogP contribution in [0.5, 0.6) is 5.75 Å². The average Bonchev–Trinajstić information content (AvgIpc) is 3.61. The number of ketones is 1. The standard InChI is InChI=1S/C44H54N2O16S/c1-7-9-27-35(48)23(3)11-8-10-22(2)12-15-30(26-14-17-32-28(19-26)45-24(4)63-32)59-34(47)20-33(44(5,6)40(27)52)61-43(55)58-21-25-13-16-31(29(18-25)46(56)57)60-42-38(51)36(49)37(50)39(62-42)41(53)54/h7,12-14,16-19,23,27,30,33,35-39,42,48-51H,1,8-11,15,20-21H2,2-6H3,(H,53,54)/b22-12-/t23-,27+,30-,33-,35-,36-,37-,38+,39-,42+/m0/s1. The average molecular weight is 899 g/mol. The fourth-order valence-electron chi connectivity index (χ4n) is 7.67. The van der Waals surface area contributed by atoms with Gasteiger partial charge in [0.2, 0.25) is 6.29 Å². The molecule has 10 atom stereocenters. The molecular formula is C44H54N2O16S. The number of carboxylic acid groups (broad SMARTS) is 1. The van der Waals surface area contributed by atoms with Gasteiger partial charge in [-0.25, -0.2) is 14.6 Å². The van der Waals surface area contributed by atoms with Gasteiger partial charge < -0.3 is 49.2 Å². The highest BCUT2D eigenvalue weighted by atomic mass is 32.1. The molecule has 63 heavy (non-hydrogen) atoms. The number of aliphatic hydroxyl groups excluding tert-OH is 4. The van der Waals surface area contributed by atoms with E-state index in [-0.39, 0.29) is 17.9 Å². The van der Waals surface area contributed by atoms with Crippen molar-refractivity contribution in [3.8, 4) is 5.75 Å². The lowest BCUT2D eigenvalue weighted by Gasteiger charge is -2.38. The fourth-order valence-corrected chi connectivity index (χ4v) is 8.48. The van der Waals surface area contributed by atoms with Crippen LogP contribution in [0, 0.1) is 34.3 Å². The first-order valence-corrected chi connectivity index (χ1v) is 21.3. The van der Waals surface area contributed by atoms with Gasteiger partial charge in [0.15, 0.2) is 11.9 Å². The van der Waals surface area contributed by atoms with Crippen LogP contribution in [0.3, 0.4) is 0 Å². The molecule has 5 N–H and O–H groups in total. The topological polar surface area (TPSA) is 272 Å². The number of nitro benzene ring substituents is 1. The summed E-state index contributed by atoms with van der Waals surface area (Å²) >= 11 is 1.53. The summed E-state index contributed by atoms with van der Waals surface area (Å²) in [6, 6.07) is 8.89. The zero-order valence-corrected chi connectivity index (χ0v) is 36.4. The molecule has 0 unspecified atom stereocenters. The molecule has 3 heterocycles. The van der Waals surface area contributed by atoms with Crippen molar-refractivity contribution in [2.75, 3.05) is 0 Å². The molecule has 2 aliphatic heterocycles. The van der Waals surface area contributed by atoms with Crippen molar-refractivity contribution in [2.45, 2.75) is 129 Å². The smallest absolute Gasteiger partial charge is 0.479 e. The Morgan fingerprint density at radius 3 is 2.48 bits per heavy atom. The molecule has 1 saturated heterocycles. The molecule has 2 aliphatic rings. The SMILES string of the molecule is C=CC[C@H]1C(=O)C(C)(C)[C@@H](OC(=O)OCc2ccc(O[C@@H]3O[C@H](C(=O)O)[C@@H](O)[C@H](O)[C@H]3O)c([N+](=O)[O-])c2)CC(=O)O[C@H](c2ccc3sc(C)nc3c2)C/C=C(/C)CCC[C@H](C)[C@@H]1O. The van der Waals surface area contributed by atoms with Crippen molar-refractivity contribution in [3.63, 3.8) is 0 Å². The lowest BCUT2D eigenvalue weighted by atomic mass is 9.71. The number of aryl methyl sites for hydroxylation is 1. The molecule has 18 nitrogen and oxygen atoms in total. The van der Waals surface area contributed by atoms with Crippen LogP contribution >= 0.6 is 11.3 Å². The van der Waals surface area contributed by atoms with Crippen LogP contribution in [0.4, 0.5) is 10.5 Å². The van der Waals surface area contributed by atoms with Crippen LogP contribution in [-0.4, -0.2) is 102 Å². The number of nitrogens with zero attached hydrogens (tertiary/aromatic N) is 2. The molecule has 0 radical (unpaired) electrons. The van der Waals surface area contributed by atoms with Crippen LogP contribution in [0.2, 0.25) is 0 Å². The van der Waals surface area contributed by atoms with Crippen LogP contribution in [0.1, 0.15) is 88.5 Å². The number of benzene rings is 2. The molecule has 5 rings (SSSR count). The van der Waals surface area contributed by atoms with Crippen LogP contribution in [-0.2, 0) is 39.9 Å². The first kappa shape index (κ1) is 48.7. The minimum Gasteiger partial charge on any atom is -0.479 e. The highest BCUT2D eigenvalue weighted by Gasteiger charge is 2.49. The molecule has 0 amide bonds.